The van der Waals surface area contributed by atoms with Crippen molar-refractivity contribution >= 4 is 33.4 Å². The van der Waals surface area contributed by atoms with E-state index in [0.29, 0.717) is 23.7 Å². The normalized spacial score (nSPS) is 10.4. The molecule has 0 saturated heterocycles. The predicted molar refractivity (Wildman–Crippen MR) is 93.5 cm³/mol. The number of para-hydroxylation sites is 1. The van der Waals surface area contributed by atoms with Gasteiger partial charge < -0.3 is 10.6 Å². The number of carbonyl (C=O) groups is 2. The summed E-state index contributed by atoms with van der Waals surface area (Å²) in [5.41, 5.74) is 1.27. The van der Waals surface area contributed by atoms with E-state index in [9.17, 15) is 9.59 Å². The van der Waals surface area contributed by atoms with Crippen LogP contribution < -0.4 is 10.6 Å². The SMILES string of the molecule is CC(C)CNC(=O)c1cc(C(=O)Nc2ccccc2Br)ccn1. The predicted octanol–water partition coefficient (Wildman–Crippen LogP) is 3.48. The lowest BCUT2D eigenvalue weighted by Gasteiger charge is -2.09. The highest BCUT2D eigenvalue weighted by Crippen LogP contribution is 2.21. The molecule has 0 fully saturated rings. The first-order valence-electron chi connectivity index (χ1n) is 7.27. The highest BCUT2D eigenvalue weighted by Gasteiger charge is 2.13. The first-order chi connectivity index (χ1) is 11.0. The zero-order valence-electron chi connectivity index (χ0n) is 13.0. The van der Waals surface area contributed by atoms with Crippen LogP contribution in [0.15, 0.2) is 47.1 Å². The van der Waals surface area contributed by atoms with Crippen molar-refractivity contribution in [2.75, 3.05) is 11.9 Å². The number of amides is 2. The molecule has 0 radical (unpaired) electrons. The molecular formula is C17H18BrN3O2. The Balaban J connectivity index is 2.11. The van der Waals surface area contributed by atoms with Crippen molar-refractivity contribution in [3.8, 4) is 0 Å². The number of anilines is 1. The van der Waals surface area contributed by atoms with Gasteiger partial charge in [-0.3, -0.25) is 14.6 Å². The molecule has 5 nitrogen and oxygen atoms in total. The molecule has 0 aliphatic rings. The number of halogens is 1. The second-order valence-electron chi connectivity index (χ2n) is 5.47. The van der Waals surface area contributed by atoms with E-state index >= 15 is 0 Å². The minimum atomic E-state index is -0.294. The summed E-state index contributed by atoms with van der Waals surface area (Å²) in [6.45, 7) is 4.58. The van der Waals surface area contributed by atoms with Gasteiger partial charge in [-0.15, -0.1) is 0 Å². The smallest absolute Gasteiger partial charge is 0.269 e. The van der Waals surface area contributed by atoms with E-state index in [-0.39, 0.29) is 17.5 Å². The molecule has 2 aromatic rings. The molecular weight excluding hydrogens is 358 g/mol. The fourth-order valence-corrected chi connectivity index (χ4v) is 2.22. The molecule has 0 spiro atoms. The zero-order valence-corrected chi connectivity index (χ0v) is 14.6. The second kappa shape index (κ2) is 7.87. The minimum absolute atomic E-state index is 0.227. The molecule has 6 heteroatoms. The fourth-order valence-electron chi connectivity index (χ4n) is 1.84. The van der Waals surface area contributed by atoms with Crippen molar-refractivity contribution in [2.24, 2.45) is 5.92 Å². The van der Waals surface area contributed by atoms with E-state index in [1.54, 1.807) is 12.1 Å². The molecule has 1 aromatic carbocycles. The fraction of sp³-hybridized carbons (Fsp3) is 0.235. The van der Waals surface area contributed by atoms with Crippen molar-refractivity contribution in [1.82, 2.24) is 10.3 Å². The van der Waals surface area contributed by atoms with Gasteiger partial charge in [0.2, 0.25) is 0 Å². The van der Waals surface area contributed by atoms with Crippen LogP contribution in [-0.2, 0) is 0 Å². The van der Waals surface area contributed by atoms with Crippen LogP contribution >= 0.6 is 15.9 Å². The molecule has 0 aliphatic carbocycles. The first kappa shape index (κ1) is 17.1. The third kappa shape index (κ3) is 4.89. The summed E-state index contributed by atoms with van der Waals surface area (Å²) in [4.78, 5) is 28.4. The van der Waals surface area contributed by atoms with Gasteiger partial charge in [0.15, 0.2) is 0 Å². The third-order valence-corrected chi connectivity index (χ3v) is 3.74. The highest BCUT2D eigenvalue weighted by molar-refractivity contribution is 9.10. The maximum atomic E-state index is 12.3. The van der Waals surface area contributed by atoms with Crippen LogP contribution in [0.25, 0.3) is 0 Å². The Bertz CT molecular complexity index is 716. The van der Waals surface area contributed by atoms with Crippen LogP contribution in [0, 0.1) is 5.92 Å². The molecule has 0 atom stereocenters. The van der Waals surface area contributed by atoms with E-state index in [4.69, 9.17) is 0 Å². The summed E-state index contributed by atoms with van der Waals surface area (Å²) in [5.74, 6) is -0.229. The molecule has 2 amide bonds. The van der Waals surface area contributed by atoms with E-state index in [1.165, 1.54) is 12.3 Å². The number of hydrogen-bond donors (Lipinski definition) is 2. The second-order valence-corrected chi connectivity index (χ2v) is 6.32. The Morgan fingerprint density at radius 3 is 2.61 bits per heavy atom. The van der Waals surface area contributed by atoms with Gasteiger partial charge >= 0.3 is 0 Å². The van der Waals surface area contributed by atoms with Crippen molar-refractivity contribution in [2.45, 2.75) is 13.8 Å². The van der Waals surface area contributed by atoms with Crippen molar-refractivity contribution in [1.29, 1.82) is 0 Å². The van der Waals surface area contributed by atoms with Gasteiger partial charge in [-0.05, 0) is 46.1 Å². The topological polar surface area (TPSA) is 71.1 Å². The van der Waals surface area contributed by atoms with E-state index in [1.807, 2.05) is 32.0 Å². The molecule has 23 heavy (non-hydrogen) atoms. The zero-order chi connectivity index (χ0) is 16.8. The van der Waals surface area contributed by atoms with Gasteiger partial charge in [0.1, 0.15) is 5.69 Å². The van der Waals surface area contributed by atoms with Crippen LogP contribution in [0.5, 0.6) is 0 Å². The van der Waals surface area contributed by atoms with Gasteiger partial charge in [0.05, 0.1) is 5.69 Å². The number of nitrogens with one attached hydrogen (secondary N) is 2. The van der Waals surface area contributed by atoms with Crippen LogP contribution in [0.2, 0.25) is 0 Å². The maximum absolute atomic E-state index is 12.3. The lowest BCUT2D eigenvalue weighted by molar-refractivity contribution is 0.0944. The molecule has 0 bridgehead atoms. The molecule has 0 aliphatic heterocycles. The van der Waals surface area contributed by atoms with Gasteiger partial charge in [0, 0.05) is 22.8 Å². The van der Waals surface area contributed by atoms with Gasteiger partial charge in [-0.2, -0.15) is 0 Å². The molecule has 1 heterocycles. The summed E-state index contributed by atoms with van der Waals surface area (Å²) in [7, 11) is 0. The van der Waals surface area contributed by atoms with Crippen LogP contribution in [0.1, 0.15) is 34.7 Å². The quantitative estimate of drug-likeness (QED) is 0.839. The lowest BCUT2D eigenvalue weighted by Crippen LogP contribution is -2.28. The number of pyridine rings is 1. The van der Waals surface area contributed by atoms with E-state index < -0.39 is 0 Å². The number of nitrogens with zero attached hydrogens (tertiary/aromatic N) is 1. The Kier molecular flexibility index (Phi) is 5.87. The van der Waals surface area contributed by atoms with Gasteiger partial charge in [-0.1, -0.05) is 26.0 Å². The summed E-state index contributed by atoms with van der Waals surface area (Å²) >= 11 is 3.38. The molecule has 120 valence electrons. The Morgan fingerprint density at radius 2 is 1.91 bits per heavy atom. The monoisotopic (exact) mass is 375 g/mol. The van der Waals surface area contributed by atoms with Crippen molar-refractivity contribution in [3.05, 3.63) is 58.3 Å². The van der Waals surface area contributed by atoms with Crippen LogP contribution in [0.3, 0.4) is 0 Å². The first-order valence-corrected chi connectivity index (χ1v) is 8.07. The maximum Gasteiger partial charge on any atom is 0.269 e. The molecule has 0 saturated carbocycles. The number of aromatic nitrogens is 1. The highest BCUT2D eigenvalue weighted by atomic mass is 79.9. The average Bonchev–Trinajstić information content (AvgIpc) is 2.54. The van der Waals surface area contributed by atoms with Crippen molar-refractivity contribution in [3.63, 3.8) is 0 Å². The molecule has 2 N–H and O–H groups in total. The largest absolute Gasteiger partial charge is 0.350 e. The summed E-state index contributed by atoms with van der Waals surface area (Å²) < 4.78 is 0.789. The lowest BCUT2D eigenvalue weighted by atomic mass is 10.2. The minimum Gasteiger partial charge on any atom is -0.350 e. The number of rotatable bonds is 5. The average molecular weight is 376 g/mol. The number of benzene rings is 1. The van der Waals surface area contributed by atoms with Crippen molar-refractivity contribution < 1.29 is 9.59 Å². The van der Waals surface area contributed by atoms with Gasteiger partial charge in [-0.25, -0.2) is 0 Å². The van der Waals surface area contributed by atoms with Crippen LogP contribution in [0.4, 0.5) is 5.69 Å². The summed E-state index contributed by atoms with van der Waals surface area (Å²) in [6, 6.07) is 10.4. The Labute approximate surface area is 143 Å². The Morgan fingerprint density at radius 1 is 1.17 bits per heavy atom. The Hall–Kier alpha value is -2.21. The third-order valence-electron chi connectivity index (χ3n) is 3.05. The number of hydrogen-bond acceptors (Lipinski definition) is 3. The molecule has 2 rings (SSSR count). The van der Waals surface area contributed by atoms with Crippen LogP contribution in [-0.4, -0.2) is 23.3 Å². The molecule has 0 unspecified atom stereocenters. The van der Waals surface area contributed by atoms with E-state index in [0.717, 1.165) is 4.47 Å². The molecule has 1 aromatic heterocycles. The van der Waals surface area contributed by atoms with E-state index in [2.05, 4.69) is 31.5 Å². The van der Waals surface area contributed by atoms with Gasteiger partial charge in [0.25, 0.3) is 11.8 Å². The summed E-state index contributed by atoms with van der Waals surface area (Å²) in [5, 5.41) is 5.58. The summed E-state index contributed by atoms with van der Waals surface area (Å²) in [6.07, 6.45) is 1.46. The standard InChI is InChI=1S/C17H18BrN3O2/c1-11(2)10-20-17(23)15-9-12(7-8-19-15)16(22)21-14-6-4-3-5-13(14)18/h3-9,11H,10H2,1-2H3,(H,20,23)(H,21,22). The number of carbonyl (C=O) groups excluding carboxylic acids is 2.